The lowest BCUT2D eigenvalue weighted by Crippen LogP contribution is -2.64. The predicted molar refractivity (Wildman–Crippen MR) is 88.3 cm³/mol. The molecule has 3 fully saturated rings. The van der Waals surface area contributed by atoms with Crippen molar-refractivity contribution in [3.05, 3.63) is 16.4 Å². The van der Waals surface area contributed by atoms with Gasteiger partial charge in [0.1, 0.15) is 5.82 Å². The third kappa shape index (κ3) is 2.61. The third-order valence-electron chi connectivity index (χ3n) is 5.88. The molecule has 126 valence electrons. The first-order valence-electron chi connectivity index (χ1n) is 8.64. The zero-order valence-corrected chi connectivity index (χ0v) is 13.3. The molecule has 7 nitrogen and oxygen atoms in total. The third-order valence-corrected chi connectivity index (χ3v) is 5.88. The number of H-pyrrole nitrogens is 1. The van der Waals surface area contributed by atoms with Crippen LogP contribution in [0.1, 0.15) is 25.7 Å². The summed E-state index contributed by atoms with van der Waals surface area (Å²) < 4.78 is 0. The Morgan fingerprint density at radius 3 is 2.96 bits per heavy atom. The van der Waals surface area contributed by atoms with Crippen LogP contribution < -0.4 is 16.2 Å². The van der Waals surface area contributed by atoms with E-state index in [1.165, 1.54) is 31.7 Å². The summed E-state index contributed by atoms with van der Waals surface area (Å²) in [4.78, 5) is 23.3. The summed E-state index contributed by atoms with van der Waals surface area (Å²) in [7, 11) is 0. The van der Waals surface area contributed by atoms with E-state index in [1.54, 1.807) is 0 Å². The van der Waals surface area contributed by atoms with E-state index < -0.39 is 0 Å². The number of fused-ring (bicyclic) bond motifs is 4. The molecule has 1 aromatic heterocycles. The largest absolute Gasteiger partial charge is 0.395 e. The number of hydrogen-bond donors (Lipinski definition) is 3. The minimum atomic E-state index is -0.207. The second-order valence-corrected chi connectivity index (χ2v) is 7.20. The maximum Gasteiger partial charge on any atom is 0.254 e. The smallest absolute Gasteiger partial charge is 0.254 e. The SMILES string of the molecule is Nc1nc(N2C[C@H]3C[C@@H](C2)[C@H](CO)N2CCCC[C@@H]32)cc(=O)[nH]1. The standard InChI is InChI=1S/C16H25N5O2/c17-16-18-14(6-15(23)19-16)20-7-10-5-11(8-20)13(9-22)21-4-2-1-3-12(10)21/h6,10-13,22H,1-5,7-9H2,(H3,17,18,19,23)/t10-,11+,12+,13+/m1/s1. The Labute approximate surface area is 135 Å². The van der Waals surface area contributed by atoms with Crippen LogP contribution in [0.5, 0.6) is 0 Å². The highest BCUT2D eigenvalue weighted by Gasteiger charge is 2.47. The van der Waals surface area contributed by atoms with Gasteiger partial charge in [0.25, 0.3) is 5.56 Å². The van der Waals surface area contributed by atoms with Crippen molar-refractivity contribution in [2.75, 3.05) is 36.9 Å². The molecule has 0 saturated carbocycles. The first-order valence-corrected chi connectivity index (χ1v) is 8.64. The van der Waals surface area contributed by atoms with Crippen LogP contribution in [-0.4, -0.2) is 58.3 Å². The molecule has 4 heterocycles. The number of anilines is 2. The van der Waals surface area contributed by atoms with E-state index in [-0.39, 0.29) is 24.2 Å². The van der Waals surface area contributed by atoms with Gasteiger partial charge in [0.2, 0.25) is 5.95 Å². The van der Waals surface area contributed by atoms with E-state index in [0.717, 1.165) is 19.6 Å². The van der Waals surface area contributed by atoms with E-state index in [1.807, 2.05) is 0 Å². The van der Waals surface area contributed by atoms with Gasteiger partial charge < -0.3 is 15.7 Å². The summed E-state index contributed by atoms with van der Waals surface area (Å²) in [5.41, 5.74) is 5.49. The number of nitrogens with one attached hydrogen (secondary N) is 1. The fraction of sp³-hybridized carbons (Fsp3) is 0.750. The number of nitrogens with two attached hydrogens (primary N) is 1. The number of aromatic amines is 1. The van der Waals surface area contributed by atoms with Gasteiger partial charge in [-0.25, -0.2) is 0 Å². The first kappa shape index (κ1) is 15.0. The molecule has 3 aliphatic heterocycles. The molecular formula is C16H25N5O2. The summed E-state index contributed by atoms with van der Waals surface area (Å²) in [5.74, 6) is 1.85. The summed E-state index contributed by atoms with van der Waals surface area (Å²) in [5, 5.41) is 9.94. The number of aliphatic hydroxyl groups is 1. The van der Waals surface area contributed by atoms with Crippen molar-refractivity contribution >= 4 is 11.8 Å². The molecule has 3 aliphatic rings. The Morgan fingerprint density at radius 2 is 2.17 bits per heavy atom. The number of aliphatic hydroxyl groups excluding tert-OH is 1. The van der Waals surface area contributed by atoms with E-state index in [0.29, 0.717) is 23.7 Å². The molecule has 4 rings (SSSR count). The fourth-order valence-electron chi connectivity index (χ4n) is 4.97. The van der Waals surface area contributed by atoms with Crippen LogP contribution in [0, 0.1) is 11.8 Å². The van der Waals surface area contributed by atoms with E-state index >= 15 is 0 Å². The van der Waals surface area contributed by atoms with Crippen LogP contribution in [0.4, 0.5) is 11.8 Å². The minimum absolute atomic E-state index is 0.168. The number of rotatable bonds is 2. The second-order valence-electron chi connectivity index (χ2n) is 7.20. The highest BCUT2D eigenvalue weighted by molar-refractivity contribution is 5.42. The van der Waals surface area contributed by atoms with Crippen molar-refractivity contribution < 1.29 is 5.11 Å². The lowest BCUT2D eigenvalue weighted by atomic mass is 9.72. The van der Waals surface area contributed by atoms with E-state index in [9.17, 15) is 9.90 Å². The average Bonchev–Trinajstić information content (AvgIpc) is 2.54. The van der Waals surface area contributed by atoms with Gasteiger partial charge in [-0.05, 0) is 37.6 Å². The van der Waals surface area contributed by atoms with Gasteiger partial charge in [0.15, 0.2) is 0 Å². The van der Waals surface area contributed by atoms with Crippen LogP contribution in [-0.2, 0) is 0 Å². The molecule has 3 saturated heterocycles. The molecule has 0 spiro atoms. The Morgan fingerprint density at radius 1 is 1.35 bits per heavy atom. The second kappa shape index (κ2) is 5.79. The quantitative estimate of drug-likeness (QED) is 0.711. The van der Waals surface area contributed by atoms with Crippen molar-refractivity contribution in [2.45, 2.75) is 37.8 Å². The predicted octanol–water partition coefficient (Wildman–Crippen LogP) is 0.0236. The Bertz CT molecular complexity index is 619. The molecule has 0 amide bonds. The molecule has 7 heteroatoms. The number of piperidine rings is 3. The van der Waals surface area contributed by atoms with E-state index in [2.05, 4.69) is 19.8 Å². The van der Waals surface area contributed by atoms with Crippen LogP contribution >= 0.6 is 0 Å². The zero-order chi connectivity index (χ0) is 16.0. The van der Waals surface area contributed by atoms with Gasteiger partial charge in [0.05, 0.1) is 6.61 Å². The van der Waals surface area contributed by atoms with Crippen molar-refractivity contribution in [3.63, 3.8) is 0 Å². The topological polar surface area (TPSA) is 98.5 Å². The Balaban J connectivity index is 1.63. The number of nitrogen functional groups attached to an aromatic ring is 1. The van der Waals surface area contributed by atoms with Crippen molar-refractivity contribution in [2.24, 2.45) is 11.8 Å². The molecule has 23 heavy (non-hydrogen) atoms. The molecule has 2 bridgehead atoms. The average molecular weight is 319 g/mol. The lowest BCUT2D eigenvalue weighted by molar-refractivity contribution is -0.0518. The molecule has 0 aliphatic carbocycles. The Hall–Kier alpha value is -1.60. The summed E-state index contributed by atoms with van der Waals surface area (Å²) in [6, 6.07) is 2.32. The molecular weight excluding hydrogens is 294 g/mol. The molecule has 1 aromatic rings. The first-order chi connectivity index (χ1) is 11.2. The number of hydrogen-bond acceptors (Lipinski definition) is 6. The van der Waals surface area contributed by atoms with E-state index in [4.69, 9.17) is 5.73 Å². The van der Waals surface area contributed by atoms with Crippen molar-refractivity contribution in [1.29, 1.82) is 0 Å². The minimum Gasteiger partial charge on any atom is -0.395 e. The molecule has 4 N–H and O–H groups in total. The van der Waals surface area contributed by atoms with Gasteiger partial charge in [0, 0.05) is 31.2 Å². The summed E-state index contributed by atoms with van der Waals surface area (Å²) in [6.07, 6.45) is 4.90. The van der Waals surface area contributed by atoms with Gasteiger partial charge in [-0.3, -0.25) is 14.7 Å². The zero-order valence-electron chi connectivity index (χ0n) is 13.3. The molecule has 0 aromatic carbocycles. The normalized spacial score (nSPS) is 34.2. The molecule has 0 radical (unpaired) electrons. The number of nitrogens with zero attached hydrogens (tertiary/aromatic N) is 3. The van der Waals surface area contributed by atoms with Crippen LogP contribution in [0.15, 0.2) is 10.9 Å². The van der Waals surface area contributed by atoms with Gasteiger partial charge >= 0.3 is 0 Å². The van der Waals surface area contributed by atoms with Gasteiger partial charge in [-0.15, -0.1) is 0 Å². The maximum atomic E-state index is 11.7. The highest BCUT2D eigenvalue weighted by atomic mass is 16.3. The van der Waals surface area contributed by atoms with Crippen molar-refractivity contribution in [3.8, 4) is 0 Å². The summed E-state index contributed by atoms with van der Waals surface area (Å²) >= 11 is 0. The van der Waals surface area contributed by atoms with Gasteiger partial charge in [-0.1, -0.05) is 6.42 Å². The molecule has 4 atom stereocenters. The van der Waals surface area contributed by atoms with Crippen LogP contribution in [0.2, 0.25) is 0 Å². The Kier molecular flexibility index (Phi) is 3.77. The van der Waals surface area contributed by atoms with Crippen LogP contribution in [0.25, 0.3) is 0 Å². The maximum absolute atomic E-state index is 11.7. The monoisotopic (exact) mass is 319 g/mol. The van der Waals surface area contributed by atoms with Crippen LogP contribution in [0.3, 0.4) is 0 Å². The van der Waals surface area contributed by atoms with Gasteiger partial charge in [-0.2, -0.15) is 4.98 Å². The molecule has 0 unspecified atom stereocenters. The number of aromatic nitrogens is 2. The lowest BCUT2D eigenvalue weighted by Gasteiger charge is -2.56. The summed E-state index contributed by atoms with van der Waals surface area (Å²) in [6.45, 7) is 3.08. The highest BCUT2D eigenvalue weighted by Crippen LogP contribution is 2.41. The van der Waals surface area contributed by atoms with Crippen molar-refractivity contribution in [1.82, 2.24) is 14.9 Å². The fourth-order valence-corrected chi connectivity index (χ4v) is 4.97.